The van der Waals surface area contributed by atoms with Gasteiger partial charge in [-0.15, -0.1) is 0 Å². The topological polar surface area (TPSA) is 69.7 Å². The molecule has 1 atom stereocenters. The van der Waals surface area contributed by atoms with Crippen LogP contribution in [0.1, 0.15) is 47.4 Å². The molecule has 0 bridgehead atoms. The van der Waals surface area contributed by atoms with Gasteiger partial charge in [0.2, 0.25) is 5.91 Å². The van der Waals surface area contributed by atoms with Gasteiger partial charge in [-0.1, -0.05) is 12.1 Å². The Bertz CT molecular complexity index is 985. The molecule has 1 fully saturated rings. The molecule has 1 N–H and O–H groups in total. The average Bonchev–Trinajstić information content (AvgIpc) is 2.83. The number of rotatable bonds is 7. The Morgan fingerprint density at radius 1 is 1.00 bits per heavy atom. The number of hydrogen-bond donors (Lipinski definition) is 1. The number of carbonyl (C=O) groups is 3. The van der Waals surface area contributed by atoms with Crippen molar-refractivity contribution in [2.75, 3.05) is 26.2 Å². The van der Waals surface area contributed by atoms with Gasteiger partial charge in [-0.3, -0.25) is 14.4 Å². The molecule has 1 saturated heterocycles. The highest BCUT2D eigenvalue weighted by atomic mass is 19.1. The zero-order chi connectivity index (χ0) is 24.0. The van der Waals surface area contributed by atoms with Crippen molar-refractivity contribution in [3.63, 3.8) is 0 Å². The molecule has 2 aromatic carbocycles. The first kappa shape index (κ1) is 24.4. The minimum Gasteiger partial charge on any atom is -0.341 e. The molecule has 176 valence electrons. The van der Waals surface area contributed by atoms with Crippen molar-refractivity contribution in [1.82, 2.24) is 15.1 Å². The van der Waals surface area contributed by atoms with Crippen molar-refractivity contribution in [2.45, 2.75) is 32.7 Å². The predicted molar refractivity (Wildman–Crippen MR) is 121 cm³/mol. The number of nitrogens with one attached hydrogen (secondary N) is 1. The summed E-state index contributed by atoms with van der Waals surface area (Å²) in [5.74, 6) is -2.22. The Hall–Kier alpha value is -3.29. The van der Waals surface area contributed by atoms with Gasteiger partial charge in [0, 0.05) is 31.7 Å². The largest absolute Gasteiger partial charge is 0.341 e. The predicted octanol–water partition coefficient (Wildman–Crippen LogP) is 3.48. The molecule has 1 aliphatic heterocycles. The standard InChI is InChI=1S/C25H29F2N3O3/c1-3-29(4-2)25(33)22(28-23(31)18-9-11-19(26)12-10-18)17-13-15-30(16-14-17)24(32)20-7-5-6-8-21(20)27/h5-12,17,22H,3-4,13-16H2,1-2H3,(H,28,31)/t22-/m1/s1. The van der Waals surface area contributed by atoms with Crippen LogP contribution in [0, 0.1) is 17.6 Å². The quantitative estimate of drug-likeness (QED) is 0.692. The average molecular weight is 458 g/mol. The third-order valence-corrected chi connectivity index (χ3v) is 6.14. The molecule has 0 aromatic heterocycles. The Labute approximate surface area is 192 Å². The third kappa shape index (κ3) is 5.74. The number of halogens is 2. The summed E-state index contributed by atoms with van der Waals surface area (Å²) in [6.07, 6.45) is 0.975. The normalized spacial score (nSPS) is 15.1. The fourth-order valence-electron chi connectivity index (χ4n) is 4.18. The summed E-state index contributed by atoms with van der Waals surface area (Å²) < 4.78 is 27.3. The minimum absolute atomic E-state index is 0.0244. The van der Waals surface area contributed by atoms with E-state index in [4.69, 9.17) is 0 Å². The zero-order valence-electron chi connectivity index (χ0n) is 18.9. The maximum Gasteiger partial charge on any atom is 0.256 e. The van der Waals surface area contributed by atoms with Crippen molar-refractivity contribution in [3.05, 3.63) is 71.3 Å². The lowest BCUT2D eigenvalue weighted by molar-refractivity contribution is -0.134. The summed E-state index contributed by atoms with van der Waals surface area (Å²) in [6, 6.07) is 10.2. The fourth-order valence-corrected chi connectivity index (χ4v) is 4.18. The van der Waals surface area contributed by atoms with E-state index in [1.165, 1.54) is 42.5 Å². The molecule has 0 saturated carbocycles. The lowest BCUT2D eigenvalue weighted by atomic mass is 9.87. The van der Waals surface area contributed by atoms with Gasteiger partial charge in [-0.25, -0.2) is 8.78 Å². The van der Waals surface area contributed by atoms with E-state index >= 15 is 0 Å². The molecule has 33 heavy (non-hydrogen) atoms. The van der Waals surface area contributed by atoms with Gasteiger partial charge in [0.25, 0.3) is 11.8 Å². The van der Waals surface area contributed by atoms with E-state index in [9.17, 15) is 23.2 Å². The van der Waals surface area contributed by atoms with Crippen molar-refractivity contribution in [3.8, 4) is 0 Å². The summed E-state index contributed by atoms with van der Waals surface area (Å²) in [6.45, 7) is 5.45. The summed E-state index contributed by atoms with van der Waals surface area (Å²) in [7, 11) is 0. The number of likely N-dealkylation sites (N-methyl/N-ethyl adjacent to an activating group) is 1. The van der Waals surface area contributed by atoms with Crippen molar-refractivity contribution in [1.29, 1.82) is 0 Å². The number of nitrogens with zero attached hydrogens (tertiary/aromatic N) is 2. The van der Waals surface area contributed by atoms with Crippen LogP contribution in [0.25, 0.3) is 0 Å². The second-order valence-corrected chi connectivity index (χ2v) is 8.08. The Kier molecular flexibility index (Phi) is 8.14. The lowest BCUT2D eigenvalue weighted by Crippen LogP contribution is -2.54. The molecule has 0 unspecified atom stereocenters. The van der Waals surface area contributed by atoms with E-state index in [-0.39, 0.29) is 28.9 Å². The monoisotopic (exact) mass is 457 g/mol. The highest BCUT2D eigenvalue weighted by Crippen LogP contribution is 2.24. The fraction of sp³-hybridized carbons (Fsp3) is 0.400. The van der Waals surface area contributed by atoms with Crippen LogP contribution < -0.4 is 5.32 Å². The lowest BCUT2D eigenvalue weighted by Gasteiger charge is -2.37. The van der Waals surface area contributed by atoms with Crippen molar-refractivity contribution >= 4 is 17.7 Å². The zero-order valence-corrected chi connectivity index (χ0v) is 18.9. The summed E-state index contributed by atoms with van der Waals surface area (Å²) >= 11 is 0. The van der Waals surface area contributed by atoms with Crippen LogP contribution in [0.3, 0.4) is 0 Å². The van der Waals surface area contributed by atoms with Crippen molar-refractivity contribution in [2.24, 2.45) is 5.92 Å². The van der Waals surface area contributed by atoms with Crippen LogP contribution in [0.4, 0.5) is 8.78 Å². The molecule has 2 aromatic rings. The van der Waals surface area contributed by atoms with Crippen LogP contribution in [-0.2, 0) is 4.79 Å². The molecule has 0 spiro atoms. The number of benzene rings is 2. The van der Waals surface area contributed by atoms with E-state index in [2.05, 4.69) is 5.32 Å². The Morgan fingerprint density at radius 2 is 1.61 bits per heavy atom. The molecule has 1 heterocycles. The van der Waals surface area contributed by atoms with Crippen LogP contribution >= 0.6 is 0 Å². The highest BCUT2D eigenvalue weighted by Gasteiger charge is 2.36. The van der Waals surface area contributed by atoms with Gasteiger partial charge in [-0.2, -0.15) is 0 Å². The van der Waals surface area contributed by atoms with E-state index in [0.29, 0.717) is 39.0 Å². The maximum absolute atomic E-state index is 14.0. The molecule has 6 nitrogen and oxygen atoms in total. The SMILES string of the molecule is CCN(CC)C(=O)[C@H](NC(=O)c1ccc(F)cc1)C1CCN(C(=O)c2ccccc2F)CC1. The van der Waals surface area contributed by atoms with E-state index in [0.717, 1.165) is 0 Å². The molecule has 3 amide bonds. The van der Waals surface area contributed by atoms with Gasteiger partial charge < -0.3 is 15.1 Å². The van der Waals surface area contributed by atoms with Gasteiger partial charge in [0.15, 0.2) is 0 Å². The molecule has 0 radical (unpaired) electrons. The summed E-state index contributed by atoms with van der Waals surface area (Å²) in [5, 5.41) is 2.84. The van der Waals surface area contributed by atoms with Gasteiger partial charge >= 0.3 is 0 Å². The first-order chi connectivity index (χ1) is 15.8. The maximum atomic E-state index is 14.0. The van der Waals surface area contributed by atoms with E-state index in [1.807, 2.05) is 13.8 Å². The number of hydrogen-bond acceptors (Lipinski definition) is 3. The molecule has 0 aliphatic carbocycles. The number of amides is 3. The molecule has 1 aliphatic rings. The first-order valence-electron chi connectivity index (χ1n) is 11.2. The Morgan fingerprint density at radius 3 is 2.18 bits per heavy atom. The van der Waals surface area contributed by atoms with Crippen molar-refractivity contribution < 1.29 is 23.2 Å². The summed E-state index contributed by atoms with van der Waals surface area (Å²) in [4.78, 5) is 42.0. The molecule has 8 heteroatoms. The van der Waals surface area contributed by atoms with Crippen LogP contribution in [0.2, 0.25) is 0 Å². The van der Waals surface area contributed by atoms with E-state index in [1.54, 1.807) is 15.9 Å². The van der Waals surface area contributed by atoms with Crippen LogP contribution in [0.5, 0.6) is 0 Å². The summed E-state index contributed by atoms with van der Waals surface area (Å²) in [5.41, 5.74) is 0.289. The minimum atomic E-state index is -0.770. The smallest absolute Gasteiger partial charge is 0.256 e. The second kappa shape index (κ2) is 11.0. The number of likely N-dealkylation sites (tertiary alicyclic amines) is 1. The van der Waals surface area contributed by atoms with Crippen LogP contribution in [-0.4, -0.2) is 59.7 Å². The second-order valence-electron chi connectivity index (χ2n) is 8.08. The van der Waals surface area contributed by atoms with Gasteiger partial charge in [0.1, 0.15) is 17.7 Å². The molecule has 3 rings (SSSR count). The first-order valence-corrected chi connectivity index (χ1v) is 11.2. The number of piperidine rings is 1. The highest BCUT2D eigenvalue weighted by molar-refractivity contribution is 5.97. The molecular weight excluding hydrogens is 428 g/mol. The van der Waals surface area contributed by atoms with E-state index < -0.39 is 23.6 Å². The number of carbonyl (C=O) groups excluding carboxylic acids is 3. The Balaban J connectivity index is 1.73. The third-order valence-electron chi connectivity index (χ3n) is 6.14. The van der Waals surface area contributed by atoms with Crippen LogP contribution in [0.15, 0.2) is 48.5 Å². The van der Waals surface area contributed by atoms with Gasteiger partial charge in [-0.05, 0) is 69.0 Å². The molecular formula is C25H29F2N3O3. The van der Waals surface area contributed by atoms with Gasteiger partial charge in [0.05, 0.1) is 5.56 Å².